The first-order valence-electron chi connectivity index (χ1n) is 8.51. The molecular formula is C19H23N3O5S. The Morgan fingerprint density at radius 2 is 1.61 bits per heavy atom. The first-order chi connectivity index (χ1) is 13.1. The van der Waals surface area contributed by atoms with Crippen LogP contribution in [0.25, 0.3) is 0 Å². The molecule has 0 atom stereocenters. The molecule has 2 aromatic rings. The van der Waals surface area contributed by atoms with Gasteiger partial charge in [0.2, 0.25) is 5.91 Å². The lowest BCUT2D eigenvalue weighted by atomic mass is 10.2. The Kier molecular flexibility index (Phi) is 6.63. The molecule has 0 bridgehead atoms. The zero-order valence-electron chi connectivity index (χ0n) is 16.1. The minimum absolute atomic E-state index is 0.0758. The first-order valence-corrected chi connectivity index (χ1v) is 10.00. The van der Waals surface area contributed by atoms with Crippen molar-refractivity contribution in [3.63, 3.8) is 0 Å². The van der Waals surface area contributed by atoms with Gasteiger partial charge in [0.1, 0.15) is 5.75 Å². The zero-order chi connectivity index (χ0) is 20.9. The highest BCUT2D eigenvalue weighted by molar-refractivity contribution is 7.92. The van der Waals surface area contributed by atoms with E-state index in [-0.39, 0.29) is 28.2 Å². The van der Waals surface area contributed by atoms with E-state index in [1.165, 1.54) is 44.4 Å². The summed E-state index contributed by atoms with van der Waals surface area (Å²) in [6.45, 7) is 4.99. The summed E-state index contributed by atoms with van der Waals surface area (Å²) in [5, 5.41) is 5.32. The average Bonchev–Trinajstić information content (AvgIpc) is 2.61. The average molecular weight is 405 g/mol. The van der Waals surface area contributed by atoms with Crippen LogP contribution >= 0.6 is 0 Å². The fraction of sp³-hybridized carbons (Fsp3) is 0.263. The highest BCUT2D eigenvalue weighted by Crippen LogP contribution is 2.24. The second-order valence-corrected chi connectivity index (χ2v) is 8.04. The normalized spacial score (nSPS) is 11.0. The molecule has 28 heavy (non-hydrogen) atoms. The zero-order valence-corrected chi connectivity index (χ0v) is 16.9. The fourth-order valence-corrected chi connectivity index (χ4v) is 3.50. The van der Waals surface area contributed by atoms with Crippen LogP contribution in [0.15, 0.2) is 47.4 Å². The smallest absolute Gasteiger partial charge is 0.261 e. The number of hydrogen-bond donors (Lipinski definition) is 3. The van der Waals surface area contributed by atoms with Gasteiger partial charge in [0.25, 0.3) is 15.9 Å². The van der Waals surface area contributed by atoms with E-state index >= 15 is 0 Å². The van der Waals surface area contributed by atoms with Gasteiger partial charge in [-0.2, -0.15) is 0 Å². The summed E-state index contributed by atoms with van der Waals surface area (Å²) in [7, 11) is -2.52. The van der Waals surface area contributed by atoms with Gasteiger partial charge in [-0.1, -0.05) is 0 Å². The van der Waals surface area contributed by atoms with E-state index < -0.39 is 15.9 Å². The topological polar surface area (TPSA) is 114 Å². The van der Waals surface area contributed by atoms with Crippen molar-refractivity contribution in [3.8, 4) is 5.75 Å². The van der Waals surface area contributed by atoms with Crippen LogP contribution in [-0.4, -0.2) is 33.4 Å². The quantitative estimate of drug-likeness (QED) is 0.655. The number of carbonyl (C=O) groups is 2. The maximum absolute atomic E-state index is 12.7. The first kappa shape index (κ1) is 21.2. The second-order valence-electron chi connectivity index (χ2n) is 6.35. The maximum atomic E-state index is 12.7. The second kappa shape index (κ2) is 8.75. The largest absolute Gasteiger partial charge is 0.496 e. The molecule has 0 radical (unpaired) electrons. The standard InChI is InChI=1S/C19H23N3O5S/c1-12(2)20-19(24)17-11-16(9-10-18(17)27-4)28(25,26)22-15-7-5-14(6-8-15)21-13(3)23/h5-12,22H,1-4H3,(H,20,24)(H,21,23). The Hall–Kier alpha value is -3.07. The van der Waals surface area contributed by atoms with Crippen molar-refractivity contribution in [3.05, 3.63) is 48.0 Å². The van der Waals surface area contributed by atoms with E-state index in [0.29, 0.717) is 11.4 Å². The van der Waals surface area contributed by atoms with Gasteiger partial charge in [-0.05, 0) is 56.3 Å². The highest BCUT2D eigenvalue weighted by atomic mass is 32.2. The third-order valence-electron chi connectivity index (χ3n) is 3.60. The molecule has 0 heterocycles. The SMILES string of the molecule is COc1ccc(S(=O)(=O)Nc2ccc(NC(C)=O)cc2)cc1C(=O)NC(C)C. The molecule has 0 saturated carbocycles. The van der Waals surface area contributed by atoms with Gasteiger partial charge in [0.15, 0.2) is 0 Å². The van der Waals surface area contributed by atoms with Crippen molar-refractivity contribution >= 4 is 33.2 Å². The van der Waals surface area contributed by atoms with Gasteiger partial charge in [-0.3, -0.25) is 14.3 Å². The number of benzene rings is 2. The predicted octanol–water partition coefficient (Wildman–Crippen LogP) is 2.59. The highest BCUT2D eigenvalue weighted by Gasteiger charge is 2.20. The summed E-state index contributed by atoms with van der Waals surface area (Å²) in [5.74, 6) is -0.376. The van der Waals surface area contributed by atoms with E-state index in [0.717, 1.165) is 0 Å². The summed E-state index contributed by atoms with van der Waals surface area (Å²) in [5.41, 5.74) is 0.991. The molecule has 0 aliphatic rings. The number of anilines is 2. The molecule has 0 aromatic heterocycles. The number of nitrogens with one attached hydrogen (secondary N) is 3. The lowest BCUT2D eigenvalue weighted by Crippen LogP contribution is -2.30. The van der Waals surface area contributed by atoms with Crippen LogP contribution in [0, 0.1) is 0 Å². The van der Waals surface area contributed by atoms with Gasteiger partial charge < -0.3 is 15.4 Å². The molecule has 0 spiro atoms. The van der Waals surface area contributed by atoms with Crippen LogP contribution in [-0.2, 0) is 14.8 Å². The molecule has 0 aliphatic carbocycles. The van der Waals surface area contributed by atoms with Gasteiger partial charge in [-0.15, -0.1) is 0 Å². The number of sulfonamides is 1. The Bertz CT molecular complexity index is 970. The summed E-state index contributed by atoms with van der Waals surface area (Å²) in [4.78, 5) is 23.3. The molecule has 2 rings (SSSR count). The summed E-state index contributed by atoms with van der Waals surface area (Å²) in [6.07, 6.45) is 0. The fourth-order valence-electron chi connectivity index (χ4n) is 2.41. The molecule has 0 unspecified atom stereocenters. The minimum Gasteiger partial charge on any atom is -0.496 e. The maximum Gasteiger partial charge on any atom is 0.261 e. The molecule has 0 aliphatic heterocycles. The van der Waals surface area contributed by atoms with Gasteiger partial charge in [-0.25, -0.2) is 8.42 Å². The van der Waals surface area contributed by atoms with Gasteiger partial charge >= 0.3 is 0 Å². The number of amides is 2. The van der Waals surface area contributed by atoms with Crippen LogP contribution in [0.5, 0.6) is 5.75 Å². The lowest BCUT2D eigenvalue weighted by molar-refractivity contribution is -0.114. The molecule has 150 valence electrons. The molecule has 2 amide bonds. The molecule has 0 fully saturated rings. The van der Waals surface area contributed by atoms with Crippen molar-refractivity contribution in [1.29, 1.82) is 0 Å². The Balaban J connectivity index is 2.29. The van der Waals surface area contributed by atoms with E-state index in [1.807, 2.05) is 0 Å². The molecule has 0 saturated heterocycles. The molecule has 3 N–H and O–H groups in total. The monoisotopic (exact) mass is 405 g/mol. The van der Waals surface area contributed by atoms with E-state index in [2.05, 4.69) is 15.4 Å². The number of hydrogen-bond acceptors (Lipinski definition) is 5. The van der Waals surface area contributed by atoms with Crippen molar-refractivity contribution < 1.29 is 22.7 Å². The Morgan fingerprint density at radius 1 is 1.00 bits per heavy atom. The van der Waals surface area contributed by atoms with Gasteiger partial charge in [0.05, 0.1) is 17.6 Å². The summed E-state index contributed by atoms with van der Waals surface area (Å²) < 4.78 is 33.0. The number of carbonyl (C=O) groups excluding carboxylic acids is 2. The van der Waals surface area contributed by atoms with Crippen molar-refractivity contribution in [2.75, 3.05) is 17.1 Å². The minimum atomic E-state index is -3.93. The molecule has 2 aromatic carbocycles. The van der Waals surface area contributed by atoms with E-state index in [9.17, 15) is 18.0 Å². The third kappa shape index (κ3) is 5.46. The van der Waals surface area contributed by atoms with Crippen molar-refractivity contribution in [2.24, 2.45) is 0 Å². The van der Waals surface area contributed by atoms with Crippen LogP contribution in [0.4, 0.5) is 11.4 Å². The van der Waals surface area contributed by atoms with Crippen molar-refractivity contribution in [1.82, 2.24) is 5.32 Å². The number of rotatable bonds is 7. The van der Waals surface area contributed by atoms with Crippen LogP contribution in [0.1, 0.15) is 31.1 Å². The van der Waals surface area contributed by atoms with Crippen molar-refractivity contribution in [2.45, 2.75) is 31.7 Å². The van der Waals surface area contributed by atoms with Crippen LogP contribution in [0.2, 0.25) is 0 Å². The Morgan fingerprint density at radius 3 is 2.14 bits per heavy atom. The Labute approximate surface area is 164 Å². The van der Waals surface area contributed by atoms with E-state index in [1.54, 1.807) is 26.0 Å². The third-order valence-corrected chi connectivity index (χ3v) is 4.98. The number of ether oxygens (including phenoxy) is 1. The number of methoxy groups -OCH3 is 1. The van der Waals surface area contributed by atoms with Gasteiger partial charge in [0, 0.05) is 24.3 Å². The van der Waals surface area contributed by atoms with E-state index in [4.69, 9.17) is 4.74 Å². The summed E-state index contributed by atoms with van der Waals surface area (Å²) in [6, 6.07) is 10.2. The van der Waals surface area contributed by atoms with Crippen LogP contribution in [0.3, 0.4) is 0 Å². The summed E-state index contributed by atoms with van der Waals surface area (Å²) >= 11 is 0. The van der Waals surface area contributed by atoms with Crippen LogP contribution < -0.4 is 20.1 Å². The molecular weight excluding hydrogens is 382 g/mol. The lowest BCUT2D eigenvalue weighted by Gasteiger charge is -2.14. The predicted molar refractivity (Wildman–Crippen MR) is 107 cm³/mol. The molecule has 8 nitrogen and oxygen atoms in total. The molecule has 9 heteroatoms.